The van der Waals surface area contributed by atoms with Crippen molar-refractivity contribution in [2.75, 3.05) is 26.3 Å². The van der Waals surface area contributed by atoms with E-state index >= 15 is 0 Å². The standard InChI is InChI=1S/C8H15NO3/c10-5-2-7-1-3-9(4-6-11)8(7)12/h7,10-11H,1-6H2. The molecule has 4 heteroatoms. The third kappa shape index (κ3) is 1.95. The Balaban J connectivity index is 2.38. The number of aliphatic hydroxyl groups excluding tert-OH is 2. The van der Waals surface area contributed by atoms with Crippen molar-refractivity contribution in [3.63, 3.8) is 0 Å². The van der Waals surface area contributed by atoms with Crippen LogP contribution in [0.5, 0.6) is 0 Å². The molecule has 1 heterocycles. The average Bonchev–Trinajstić information content (AvgIpc) is 2.38. The van der Waals surface area contributed by atoms with Crippen LogP contribution in [0.25, 0.3) is 0 Å². The van der Waals surface area contributed by atoms with E-state index < -0.39 is 0 Å². The van der Waals surface area contributed by atoms with Crippen LogP contribution >= 0.6 is 0 Å². The van der Waals surface area contributed by atoms with Gasteiger partial charge in [-0.3, -0.25) is 4.79 Å². The zero-order chi connectivity index (χ0) is 8.97. The third-order valence-corrected chi connectivity index (χ3v) is 2.26. The summed E-state index contributed by atoms with van der Waals surface area (Å²) in [6, 6.07) is 0. The Morgan fingerprint density at radius 3 is 2.75 bits per heavy atom. The van der Waals surface area contributed by atoms with Gasteiger partial charge in [-0.2, -0.15) is 0 Å². The van der Waals surface area contributed by atoms with Crippen molar-refractivity contribution >= 4 is 5.91 Å². The van der Waals surface area contributed by atoms with Crippen molar-refractivity contribution in [1.29, 1.82) is 0 Å². The number of amides is 1. The fourth-order valence-corrected chi connectivity index (χ4v) is 1.57. The number of nitrogens with zero attached hydrogens (tertiary/aromatic N) is 1. The van der Waals surface area contributed by atoms with E-state index in [1.807, 2.05) is 0 Å². The molecule has 70 valence electrons. The number of hydrogen-bond donors (Lipinski definition) is 2. The Morgan fingerprint density at radius 1 is 1.42 bits per heavy atom. The molecule has 0 aromatic rings. The summed E-state index contributed by atoms with van der Waals surface area (Å²) >= 11 is 0. The van der Waals surface area contributed by atoms with Gasteiger partial charge in [-0.05, 0) is 12.8 Å². The largest absolute Gasteiger partial charge is 0.396 e. The number of aliphatic hydroxyl groups is 2. The second-order valence-electron chi connectivity index (χ2n) is 3.05. The molecule has 1 unspecified atom stereocenters. The molecule has 1 amide bonds. The molecule has 0 saturated carbocycles. The zero-order valence-corrected chi connectivity index (χ0v) is 7.07. The number of rotatable bonds is 4. The van der Waals surface area contributed by atoms with Gasteiger partial charge < -0.3 is 15.1 Å². The fourth-order valence-electron chi connectivity index (χ4n) is 1.57. The lowest BCUT2D eigenvalue weighted by Gasteiger charge is -2.14. The van der Waals surface area contributed by atoms with E-state index in [9.17, 15) is 4.79 Å². The van der Waals surface area contributed by atoms with Crippen molar-refractivity contribution < 1.29 is 15.0 Å². The van der Waals surface area contributed by atoms with E-state index in [-0.39, 0.29) is 25.0 Å². The lowest BCUT2D eigenvalue weighted by molar-refractivity contribution is -0.131. The average molecular weight is 173 g/mol. The fraction of sp³-hybridized carbons (Fsp3) is 0.875. The normalized spacial score (nSPS) is 23.7. The van der Waals surface area contributed by atoms with Gasteiger partial charge in [0.1, 0.15) is 0 Å². The molecule has 1 fully saturated rings. The third-order valence-electron chi connectivity index (χ3n) is 2.26. The Bertz CT molecular complexity index is 144. The molecule has 0 spiro atoms. The summed E-state index contributed by atoms with van der Waals surface area (Å²) in [5.41, 5.74) is 0. The van der Waals surface area contributed by atoms with Gasteiger partial charge in [0.2, 0.25) is 5.91 Å². The number of likely N-dealkylation sites (tertiary alicyclic amines) is 1. The quantitative estimate of drug-likeness (QED) is 0.585. The molecule has 1 atom stereocenters. The molecule has 1 rings (SSSR count). The van der Waals surface area contributed by atoms with Gasteiger partial charge in [-0.1, -0.05) is 0 Å². The van der Waals surface area contributed by atoms with E-state index in [1.54, 1.807) is 4.90 Å². The minimum atomic E-state index is -0.0125. The van der Waals surface area contributed by atoms with E-state index in [4.69, 9.17) is 10.2 Å². The summed E-state index contributed by atoms with van der Waals surface area (Å²) in [5, 5.41) is 17.3. The van der Waals surface area contributed by atoms with E-state index in [0.29, 0.717) is 13.0 Å². The second-order valence-corrected chi connectivity index (χ2v) is 3.05. The van der Waals surface area contributed by atoms with Crippen LogP contribution in [0.1, 0.15) is 12.8 Å². The summed E-state index contributed by atoms with van der Waals surface area (Å²) in [7, 11) is 0. The number of hydrogen-bond acceptors (Lipinski definition) is 3. The first-order chi connectivity index (χ1) is 5.79. The highest BCUT2D eigenvalue weighted by Crippen LogP contribution is 2.20. The second kappa shape index (κ2) is 4.42. The minimum absolute atomic E-state index is 0.0125. The van der Waals surface area contributed by atoms with E-state index in [0.717, 1.165) is 13.0 Å². The van der Waals surface area contributed by atoms with Crippen LogP contribution in [0.3, 0.4) is 0 Å². The molecule has 0 radical (unpaired) electrons. The molecule has 2 N–H and O–H groups in total. The summed E-state index contributed by atoms with van der Waals surface area (Å²) in [6.07, 6.45) is 1.38. The number of β-amino-alcohol motifs (C(OH)–C–C–N with tert-alkyl or cyclic N) is 1. The maximum atomic E-state index is 11.4. The highest BCUT2D eigenvalue weighted by atomic mass is 16.3. The van der Waals surface area contributed by atoms with Crippen LogP contribution in [-0.2, 0) is 4.79 Å². The topological polar surface area (TPSA) is 60.8 Å². The first kappa shape index (κ1) is 9.48. The van der Waals surface area contributed by atoms with E-state index in [2.05, 4.69) is 0 Å². The Labute approximate surface area is 71.8 Å². The lowest BCUT2D eigenvalue weighted by atomic mass is 10.1. The van der Waals surface area contributed by atoms with Gasteiger partial charge in [0.15, 0.2) is 0 Å². The molecular formula is C8H15NO3. The van der Waals surface area contributed by atoms with Crippen LogP contribution in [-0.4, -0.2) is 47.3 Å². The van der Waals surface area contributed by atoms with Gasteiger partial charge in [0, 0.05) is 25.6 Å². The first-order valence-electron chi connectivity index (χ1n) is 4.30. The number of carbonyl (C=O) groups excluding carboxylic acids is 1. The van der Waals surface area contributed by atoms with Gasteiger partial charge in [0.05, 0.1) is 6.61 Å². The van der Waals surface area contributed by atoms with Crippen molar-refractivity contribution in [1.82, 2.24) is 4.90 Å². The van der Waals surface area contributed by atoms with Crippen LogP contribution in [0.15, 0.2) is 0 Å². The van der Waals surface area contributed by atoms with Gasteiger partial charge in [-0.25, -0.2) is 0 Å². The molecule has 0 aromatic carbocycles. The van der Waals surface area contributed by atoms with Crippen LogP contribution < -0.4 is 0 Å². The smallest absolute Gasteiger partial charge is 0.225 e. The maximum Gasteiger partial charge on any atom is 0.225 e. The monoisotopic (exact) mass is 173 g/mol. The van der Waals surface area contributed by atoms with Crippen molar-refractivity contribution in [3.05, 3.63) is 0 Å². The van der Waals surface area contributed by atoms with Crippen molar-refractivity contribution in [3.8, 4) is 0 Å². The molecular weight excluding hydrogens is 158 g/mol. The number of carbonyl (C=O) groups is 1. The predicted octanol–water partition coefficient (Wildman–Crippen LogP) is -0.790. The molecule has 12 heavy (non-hydrogen) atoms. The summed E-state index contributed by atoms with van der Waals surface area (Å²) in [4.78, 5) is 13.0. The molecule has 1 aliphatic heterocycles. The molecule has 0 aromatic heterocycles. The van der Waals surface area contributed by atoms with Crippen LogP contribution in [0.4, 0.5) is 0 Å². The molecule has 0 aliphatic carbocycles. The van der Waals surface area contributed by atoms with Gasteiger partial charge in [-0.15, -0.1) is 0 Å². The first-order valence-corrected chi connectivity index (χ1v) is 4.30. The summed E-state index contributed by atoms with van der Waals surface area (Å²) < 4.78 is 0. The van der Waals surface area contributed by atoms with Crippen molar-refractivity contribution in [2.24, 2.45) is 5.92 Å². The maximum absolute atomic E-state index is 11.4. The Morgan fingerprint density at radius 2 is 2.17 bits per heavy atom. The molecule has 4 nitrogen and oxygen atoms in total. The highest BCUT2D eigenvalue weighted by Gasteiger charge is 2.30. The lowest BCUT2D eigenvalue weighted by Crippen LogP contribution is -2.30. The zero-order valence-electron chi connectivity index (χ0n) is 7.07. The summed E-state index contributed by atoms with van der Waals surface area (Å²) in [6.45, 7) is 1.26. The molecule has 1 aliphatic rings. The van der Waals surface area contributed by atoms with Crippen LogP contribution in [0.2, 0.25) is 0 Å². The molecule has 1 saturated heterocycles. The predicted molar refractivity (Wildman–Crippen MR) is 43.5 cm³/mol. The van der Waals surface area contributed by atoms with Crippen LogP contribution in [0, 0.1) is 5.92 Å². The van der Waals surface area contributed by atoms with Gasteiger partial charge in [0.25, 0.3) is 0 Å². The minimum Gasteiger partial charge on any atom is -0.396 e. The van der Waals surface area contributed by atoms with Crippen molar-refractivity contribution in [2.45, 2.75) is 12.8 Å². The highest BCUT2D eigenvalue weighted by molar-refractivity contribution is 5.80. The van der Waals surface area contributed by atoms with E-state index in [1.165, 1.54) is 0 Å². The summed E-state index contributed by atoms with van der Waals surface area (Å²) in [5.74, 6) is 0.0691. The van der Waals surface area contributed by atoms with Gasteiger partial charge >= 0.3 is 0 Å². The molecule has 0 bridgehead atoms. The Kier molecular flexibility index (Phi) is 3.49. The Hall–Kier alpha value is -0.610. The SMILES string of the molecule is O=C1C(CCO)CCN1CCO.